The van der Waals surface area contributed by atoms with E-state index in [-0.39, 0.29) is 40.4 Å². The molecule has 33 nitrogen and oxygen atoms in total. The van der Waals surface area contributed by atoms with Crippen LogP contribution in [0.5, 0.6) is 0 Å². The highest BCUT2D eigenvalue weighted by molar-refractivity contribution is 6.62. The molecule has 0 bridgehead atoms. The van der Waals surface area contributed by atoms with E-state index in [1.165, 1.54) is 23.8 Å². The summed E-state index contributed by atoms with van der Waals surface area (Å²) < 4.78 is 16.8. The first-order valence-corrected chi connectivity index (χ1v) is 41.7. The van der Waals surface area contributed by atoms with Crippen LogP contribution in [0.1, 0.15) is 110 Å². The normalized spacial score (nSPS) is 13.2. The Morgan fingerprint density at radius 3 is 1.54 bits per heavy atom. The van der Waals surface area contributed by atoms with Crippen molar-refractivity contribution < 1.29 is 33.5 Å². The number of hydrogen-bond donors (Lipinski definition) is 13. The number of nitrogens with two attached hydrogens (primary N) is 2. The number of halogens is 3. The predicted molar refractivity (Wildman–Crippen MR) is 509 cm³/mol. The molecule has 0 amide bonds. The van der Waals surface area contributed by atoms with Crippen LogP contribution in [0.3, 0.4) is 0 Å². The molecule has 37 heteroatoms. The van der Waals surface area contributed by atoms with Gasteiger partial charge in [0.25, 0.3) is 0 Å². The number of nitrogen functional groups attached to an aromatic ring is 1. The summed E-state index contributed by atoms with van der Waals surface area (Å²) >= 11 is 16.9. The minimum absolute atomic E-state index is 0.00490. The molecule has 15 N–H and O–H groups in total. The molecule has 14 heterocycles. The molecule has 0 aliphatic carbocycles. The Bertz CT molecular complexity index is 7120. The highest BCUT2D eigenvalue weighted by Gasteiger charge is 2.52. The highest BCUT2D eigenvalue weighted by Crippen LogP contribution is 2.38. The van der Waals surface area contributed by atoms with Crippen LogP contribution >= 0.6 is 34.8 Å². The number of hydrazine groups is 1. The number of rotatable bonds is 14. The number of aromatic nitrogens is 17. The largest absolute Gasteiger partial charge is 0.494 e. The number of aromatic amines is 5. The van der Waals surface area contributed by atoms with E-state index in [0.29, 0.717) is 39.5 Å². The monoisotopic (exact) mass is 1790 g/mol. The lowest BCUT2D eigenvalue weighted by Crippen LogP contribution is -2.41. The molecular weight excluding hydrogens is 1710 g/mol. The van der Waals surface area contributed by atoms with Gasteiger partial charge in [-0.1, -0.05) is 71.7 Å². The molecule has 10 aromatic heterocycles. The summed E-state index contributed by atoms with van der Waals surface area (Å²) in [5.74, 6) is 0.136. The van der Waals surface area contributed by atoms with Crippen LogP contribution in [-0.4, -0.2) is 146 Å². The lowest BCUT2D eigenvalue weighted by molar-refractivity contribution is 0.00578. The van der Waals surface area contributed by atoms with Gasteiger partial charge in [0.2, 0.25) is 23.1 Å². The van der Waals surface area contributed by atoms with E-state index in [1.807, 2.05) is 200 Å². The molecule has 4 aliphatic heterocycles. The van der Waals surface area contributed by atoms with E-state index in [4.69, 9.17) is 65.3 Å². The molecule has 0 spiro atoms. The number of aryl methyl sites for hydroxylation is 4. The minimum Gasteiger partial charge on any atom is -0.477 e. The number of Topliss-reactive ketones (excluding diaryl/α,β-unsaturated/α-hetero) is 1. The number of esters is 1. The molecule has 4 aliphatic rings. The maximum atomic E-state index is 12.8. The van der Waals surface area contributed by atoms with Gasteiger partial charge in [0.05, 0.1) is 83.8 Å². The number of ketones is 1. The number of carbonyl (C=O) groups excluding carboxylic acids is 2. The van der Waals surface area contributed by atoms with Crippen molar-refractivity contribution in [2.45, 2.75) is 86.1 Å². The van der Waals surface area contributed by atoms with E-state index in [2.05, 4.69) is 123 Å². The van der Waals surface area contributed by atoms with Crippen molar-refractivity contribution in [1.82, 2.24) is 96.3 Å². The smallest absolute Gasteiger partial charge is 0.477 e. The van der Waals surface area contributed by atoms with E-state index in [0.717, 1.165) is 158 Å². The first-order chi connectivity index (χ1) is 62.5. The highest BCUT2D eigenvalue weighted by atomic mass is 35.5. The van der Waals surface area contributed by atoms with Crippen LogP contribution in [0.25, 0.3) is 77.0 Å². The lowest BCUT2D eigenvalue weighted by atomic mass is 9.79. The number of benzene rings is 7. The van der Waals surface area contributed by atoms with Crippen molar-refractivity contribution in [1.29, 1.82) is 0 Å². The van der Waals surface area contributed by atoms with Gasteiger partial charge >= 0.3 is 19.1 Å². The third kappa shape index (κ3) is 22.6. The standard InChI is InChI=1S/C26H20N8O.C21H16N6O2.C16H20BNO4.C13H11ClN4.C8H8N2.C5H4Cl2N2.C4H7N3/c1-15-8-22(33-26(30-15)31-20-4-5-21-19(10-20)14-29-34-21)17-2-3-18-12-24(32-23(18)11-17)25(35)9-16-6-7-27-28-13-16;1-11-6-17(12-2-3-13-9-19(20(28)29)25-18(13)8-12)26-21(23-11)24-15-4-5-16-14(7-15)10-22-27-16;1-15(2)16(3,4)22-17(21-15)11-7-6-10-8-13(14(19)20-5)18-12(10)9-11;1-8-4-12(14)18-13(16-8)17-11-3-2-9-6-15-7-10(9)5-11;9-8-2-1-6-4-10-5-7(6)3-8;1-3-2-4(6)9-5(7)8-3;5-4-1-2-6-7-3-4/h2-8,10-14,32H,9H2,1H3,(H,29,34)(H,30,31,33);2-10,25H,1H3,(H,22,27)(H,28,29)(H,23,24,26);6-9,18H,1-5H3;2-5,7H,6H2,1H3,(H,16,17,18);1-3,5H,4,9H2;2H,1H3;1-3,6-7H,5H2. The Labute approximate surface area is 759 Å². The SMILES string of the molecule is COC(=O)c1cc2ccc(B3OC(C)(C)C(C)(C)O3)cc2[nH]1.Cc1cc(-c2ccc3cc(C(=O)Cc4ccnnc4)[nH]c3c2)nc(Nc2ccc3[nH]ncc3c2)n1.Cc1cc(-c2ccc3cc(C(=O)O)[nH]c3c2)nc(Nc2ccc3[nH]ncc3c2)n1.Cc1cc(Cl)nc(Cl)n1.Cc1cc(Cl)nc(Nc2ccc3c(c2)C=NC3)n1.NC1=CNNC=C1.Nc1ccc2c(c1)C=NC2. The zero-order chi connectivity index (χ0) is 91.3. The molecule has 654 valence electrons. The second-order valence-corrected chi connectivity index (χ2v) is 32.3. The summed E-state index contributed by atoms with van der Waals surface area (Å²) in [6.45, 7) is 17.2. The van der Waals surface area contributed by atoms with Gasteiger partial charge in [-0.05, 0) is 234 Å². The van der Waals surface area contributed by atoms with Gasteiger partial charge in [-0.3, -0.25) is 25.0 Å². The lowest BCUT2D eigenvalue weighted by Gasteiger charge is -2.32. The van der Waals surface area contributed by atoms with Crippen molar-refractivity contribution >= 4 is 173 Å². The number of carbonyl (C=O) groups is 3. The van der Waals surface area contributed by atoms with Gasteiger partial charge in [0.1, 0.15) is 21.7 Å². The van der Waals surface area contributed by atoms with Crippen molar-refractivity contribution in [2.24, 2.45) is 15.7 Å². The predicted octanol–water partition coefficient (Wildman–Crippen LogP) is 17.1. The number of carboxylic acid groups (broad SMARTS) is 1. The third-order valence-electron chi connectivity index (χ3n) is 20.9. The van der Waals surface area contributed by atoms with Gasteiger partial charge < -0.3 is 72.4 Å². The zero-order valence-corrected chi connectivity index (χ0v) is 73.9. The summed E-state index contributed by atoms with van der Waals surface area (Å²) in [4.78, 5) is 87.4. The molecule has 17 aromatic rings. The number of ether oxygens (including phenoxy) is 1. The van der Waals surface area contributed by atoms with E-state index < -0.39 is 13.1 Å². The Kier molecular flexibility index (Phi) is 27.1. The molecule has 0 radical (unpaired) electrons. The van der Waals surface area contributed by atoms with Gasteiger partial charge in [0, 0.05) is 138 Å². The number of anilines is 7. The molecule has 0 saturated carbocycles. The van der Waals surface area contributed by atoms with Crippen LogP contribution < -0.4 is 43.7 Å². The number of fused-ring (bicyclic) bond motifs is 7. The summed E-state index contributed by atoms with van der Waals surface area (Å²) in [6, 6.07) is 55.5. The molecule has 130 heavy (non-hydrogen) atoms. The van der Waals surface area contributed by atoms with E-state index in [9.17, 15) is 19.5 Å². The number of carboxylic acids is 1. The topological polar surface area (TPSA) is 470 Å². The van der Waals surface area contributed by atoms with E-state index >= 15 is 0 Å². The van der Waals surface area contributed by atoms with Gasteiger partial charge in [-0.25, -0.2) is 49.5 Å². The van der Waals surface area contributed by atoms with Crippen LogP contribution in [-0.2, 0) is 33.6 Å². The maximum absolute atomic E-state index is 12.8. The van der Waals surface area contributed by atoms with Crippen LogP contribution in [0, 0.1) is 27.7 Å². The Balaban J connectivity index is 0.000000123. The fourth-order valence-corrected chi connectivity index (χ4v) is 14.5. The van der Waals surface area contributed by atoms with Crippen LogP contribution in [0.15, 0.2) is 235 Å². The number of aromatic carboxylic acids is 1. The maximum Gasteiger partial charge on any atom is 0.494 e. The average Bonchev–Trinajstić information content (AvgIpc) is 1.61. The Morgan fingerprint density at radius 1 is 0.500 bits per heavy atom. The first-order valence-electron chi connectivity index (χ1n) is 40.6. The second-order valence-electron chi connectivity index (χ2n) is 31.2. The number of nitrogens with one attached hydrogen (secondary N) is 10. The molecule has 1 fully saturated rings. The number of nitrogens with zero attached hydrogens (tertiary/aromatic N) is 14. The van der Waals surface area contributed by atoms with Gasteiger partial charge in [-0.2, -0.15) is 20.4 Å². The number of aliphatic imine (C=N–C) groups is 2. The summed E-state index contributed by atoms with van der Waals surface area (Å²) in [7, 11) is 0.947. The fourth-order valence-electron chi connectivity index (χ4n) is 13.7. The average molecular weight is 1800 g/mol. The minimum atomic E-state index is -0.985. The first kappa shape index (κ1) is 89.2. The fraction of sp³-hybridized carbons (Fsp3) is 0.151. The number of hydrogen-bond acceptors (Lipinski definition) is 27. The van der Waals surface area contributed by atoms with Crippen molar-refractivity contribution in [3.05, 3.63) is 308 Å². The molecule has 0 atom stereocenters. The summed E-state index contributed by atoms with van der Waals surface area (Å²) in [5.41, 5.74) is 38.5. The van der Waals surface area contributed by atoms with Crippen LogP contribution in [0.2, 0.25) is 15.6 Å². The quantitative estimate of drug-likeness (QED) is 0.0120. The summed E-state index contributed by atoms with van der Waals surface area (Å²) in [5, 5.41) is 46.2. The van der Waals surface area contributed by atoms with Crippen molar-refractivity contribution in [2.75, 3.05) is 28.8 Å². The van der Waals surface area contributed by atoms with Crippen LogP contribution in [0.4, 0.5) is 40.6 Å². The Morgan fingerprint density at radius 2 is 1.01 bits per heavy atom. The molecule has 7 aromatic carbocycles. The van der Waals surface area contributed by atoms with E-state index in [1.54, 1.807) is 80.5 Å². The Hall–Kier alpha value is -15.6. The van der Waals surface area contributed by atoms with Gasteiger partial charge in [0.15, 0.2) is 5.78 Å². The number of H-pyrrole nitrogens is 5. The summed E-state index contributed by atoms with van der Waals surface area (Å²) in [6.07, 6.45) is 15.9. The van der Waals surface area contributed by atoms with Crippen molar-refractivity contribution in [3.8, 4) is 22.5 Å². The molecular formula is C93H86BCl3N26O7. The second kappa shape index (κ2) is 39.5. The molecule has 21 rings (SSSR count). The molecule has 1 saturated heterocycles. The number of allylic oxidation sites excluding steroid dienone is 1. The van der Waals surface area contributed by atoms with Crippen molar-refractivity contribution in [3.63, 3.8) is 0 Å². The third-order valence-corrected chi connectivity index (χ3v) is 21.5. The van der Waals surface area contributed by atoms with Gasteiger partial charge in [-0.15, -0.1) is 0 Å². The zero-order valence-electron chi connectivity index (χ0n) is 71.6. The molecule has 0 unspecified atom stereocenters. The number of methoxy groups -OCH3 is 1.